The van der Waals surface area contributed by atoms with Crippen LogP contribution >= 0.6 is 23.2 Å². The molecule has 166 valence electrons. The van der Waals surface area contributed by atoms with Crippen molar-refractivity contribution in [3.8, 4) is 11.5 Å². The van der Waals surface area contributed by atoms with Gasteiger partial charge in [0.1, 0.15) is 11.4 Å². The summed E-state index contributed by atoms with van der Waals surface area (Å²) in [6.07, 6.45) is -4.58. The van der Waals surface area contributed by atoms with Crippen LogP contribution in [-0.4, -0.2) is 10.2 Å². The molecule has 0 bridgehead atoms. The zero-order chi connectivity index (χ0) is 22.9. The van der Waals surface area contributed by atoms with Crippen molar-refractivity contribution in [2.24, 2.45) is 4.99 Å². The summed E-state index contributed by atoms with van der Waals surface area (Å²) in [6, 6.07) is 15.5. The monoisotopic (exact) mass is 499 g/mol. The third-order valence-electron chi connectivity index (χ3n) is 4.47. The molecule has 1 unspecified atom stereocenters. The topological polar surface area (TPSA) is 62.7 Å². The molecule has 0 spiro atoms. The van der Waals surface area contributed by atoms with E-state index in [1.54, 1.807) is 42.5 Å². The number of hydrogen-bond donors (Lipinski definition) is 2. The SMILES string of the molecule is O=S1NC(=NCc2cccc(C(F)(F)F)c2Cl)Nc2c(Oc3ccccc3Cl)cccc21. The maximum atomic E-state index is 13.1. The van der Waals surface area contributed by atoms with Gasteiger partial charge < -0.3 is 10.1 Å². The quantitative estimate of drug-likeness (QED) is 0.436. The van der Waals surface area contributed by atoms with Gasteiger partial charge in [-0.05, 0) is 35.9 Å². The average Bonchev–Trinajstić information content (AvgIpc) is 2.74. The number of hydrogen-bond acceptors (Lipinski definition) is 3. The minimum Gasteiger partial charge on any atom is -0.454 e. The lowest BCUT2D eigenvalue weighted by Crippen LogP contribution is -2.37. The van der Waals surface area contributed by atoms with Crippen molar-refractivity contribution in [3.63, 3.8) is 0 Å². The maximum Gasteiger partial charge on any atom is 0.417 e. The lowest BCUT2D eigenvalue weighted by Gasteiger charge is -2.23. The van der Waals surface area contributed by atoms with E-state index in [0.29, 0.717) is 27.1 Å². The van der Waals surface area contributed by atoms with Gasteiger partial charge in [0.2, 0.25) is 5.96 Å². The van der Waals surface area contributed by atoms with Crippen LogP contribution in [0.25, 0.3) is 0 Å². The van der Waals surface area contributed by atoms with Crippen molar-refractivity contribution in [1.82, 2.24) is 4.72 Å². The Labute approximate surface area is 193 Å². The van der Waals surface area contributed by atoms with E-state index in [-0.39, 0.29) is 18.1 Å². The van der Waals surface area contributed by atoms with Gasteiger partial charge in [-0.2, -0.15) is 13.2 Å². The molecule has 1 atom stereocenters. The molecule has 1 aliphatic heterocycles. The molecular weight excluding hydrogens is 486 g/mol. The molecule has 0 fully saturated rings. The van der Waals surface area contributed by atoms with Crippen molar-refractivity contribution in [2.45, 2.75) is 17.6 Å². The summed E-state index contributed by atoms with van der Waals surface area (Å²) in [5, 5.41) is 2.95. The molecule has 0 aliphatic carbocycles. The molecule has 11 heteroatoms. The van der Waals surface area contributed by atoms with Crippen LogP contribution < -0.4 is 14.8 Å². The van der Waals surface area contributed by atoms with Crippen molar-refractivity contribution in [2.75, 3.05) is 5.32 Å². The van der Waals surface area contributed by atoms with E-state index >= 15 is 0 Å². The Kier molecular flexibility index (Phi) is 6.32. The molecular formula is C21H14Cl2F3N3O2S. The van der Waals surface area contributed by atoms with Crippen LogP contribution in [0, 0.1) is 0 Å². The van der Waals surface area contributed by atoms with Crippen molar-refractivity contribution in [1.29, 1.82) is 0 Å². The number of guanidine groups is 1. The number of fused-ring (bicyclic) bond motifs is 1. The van der Waals surface area contributed by atoms with Gasteiger partial charge in [0.05, 0.1) is 27.0 Å². The van der Waals surface area contributed by atoms with Gasteiger partial charge in [-0.15, -0.1) is 0 Å². The van der Waals surface area contributed by atoms with Gasteiger partial charge in [0.15, 0.2) is 16.7 Å². The highest BCUT2D eigenvalue weighted by Gasteiger charge is 2.33. The van der Waals surface area contributed by atoms with Crippen molar-refractivity contribution < 1.29 is 22.1 Å². The molecule has 2 N–H and O–H groups in total. The number of anilines is 1. The highest BCUT2D eigenvalue weighted by molar-refractivity contribution is 7.84. The molecule has 0 radical (unpaired) electrons. The summed E-state index contributed by atoms with van der Waals surface area (Å²) in [7, 11) is -1.67. The number of alkyl halides is 3. The average molecular weight is 500 g/mol. The van der Waals surface area contributed by atoms with Crippen LogP contribution in [0.2, 0.25) is 10.0 Å². The first-order valence-corrected chi connectivity index (χ1v) is 11.0. The third kappa shape index (κ3) is 4.69. The first-order valence-electron chi connectivity index (χ1n) is 9.14. The highest BCUT2D eigenvalue weighted by atomic mass is 35.5. The second kappa shape index (κ2) is 9.01. The van der Waals surface area contributed by atoms with Gasteiger partial charge in [-0.25, -0.2) is 9.20 Å². The Hall–Kier alpha value is -2.75. The van der Waals surface area contributed by atoms with Crippen LogP contribution in [0.3, 0.4) is 0 Å². The Balaban J connectivity index is 1.62. The number of rotatable bonds is 4. The molecule has 0 amide bonds. The van der Waals surface area contributed by atoms with E-state index in [4.69, 9.17) is 27.9 Å². The van der Waals surface area contributed by atoms with E-state index in [9.17, 15) is 17.4 Å². The molecule has 0 saturated heterocycles. The minimum atomic E-state index is -4.58. The van der Waals surface area contributed by atoms with Gasteiger partial charge in [-0.1, -0.05) is 53.5 Å². The van der Waals surface area contributed by atoms with Gasteiger partial charge in [0.25, 0.3) is 0 Å². The molecule has 32 heavy (non-hydrogen) atoms. The highest BCUT2D eigenvalue weighted by Crippen LogP contribution is 2.38. The normalized spacial score (nSPS) is 16.8. The maximum absolute atomic E-state index is 13.1. The van der Waals surface area contributed by atoms with Crippen LogP contribution in [0.1, 0.15) is 11.1 Å². The van der Waals surface area contributed by atoms with Crippen LogP contribution in [0.5, 0.6) is 11.5 Å². The van der Waals surface area contributed by atoms with Crippen LogP contribution in [0.15, 0.2) is 70.6 Å². The Bertz CT molecular complexity index is 1240. The summed E-state index contributed by atoms with van der Waals surface area (Å²) >= 11 is 12.1. The van der Waals surface area contributed by atoms with Gasteiger partial charge in [0, 0.05) is 0 Å². The fraction of sp³-hybridized carbons (Fsp3) is 0.0952. The number of benzene rings is 3. The van der Waals surface area contributed by atoms with Gasteiger partial charge >= 0.3 is 6.18 Å². The van der Waals surface area contributed by atoms with Crippen molar-refractivity contribution >= 4 is 45.8 Å². The summed E-state index contributed by atoms with van der Waals surface area (Å²) in [6.45, 7) is -0.168. The third-order valence-corrected chi connectivity index (χ3v) is 6.35. The molecule has 5 nitrogen and oxygen atoms in total. The number of para-hydroxylation sites is 2. The smallest absolute Gasteiger partial charge is 0.417 e. The van der Waals surface area contributed by atoms with Crippen LogP contribution in [-0.2, 0) is 23.7 Å². The molecule has 0 saturated carbocycles. The Morgan fingerprint density at radius 2 is 1.69 bits per heavy atom. The number of nitrogens with zero attached hydrogens (tertiary/aromatic N) is 1. The van der Waals surface area contributed by atoms with Crippen LogP contribution in [0.4, 0.5) is 18.9 Å². The Morgan fingerprint density at radius 3 is 2.44 bits per heavy atom. The molecule has 1 aliphatic rings. The summed E-state index contributed by atoms with van der Waals surface area (Å²) in [5.74, 6) is 0.859. The minimum absolute atomic E-state index is 0.0968. The predicted molar refractivity (Wildman–Crippen MR) is 119 cm³/mol. The first-order chi connectivity index (χ1) is 15.2. The van der Waals surface area contributed by atoms with E-state index in [0.717, 1.165) is 6.07 Å². The van der Waals surface area contributed by atoms with E-state index < -0.39 is 27.7 Å². The fourth-order valence-corrected chi connectivity index (χ4v) is 4.37. The zero-order valence-electron chi connectivity index (χ0n) is 16.0. The number of aliphatic imine (C=N–C) groups is 1. The lowest BCUT2D eigenvalue weighted by atomic mass is 10.1. The molecule has 1 heterocycles. The second-order valence-electron chi connectivity index (χ2n) is 6.60. The molecule has 4 rings (SSSR count). The molecule has 3 aromatic rings. The van der Waals surface area contributed by atoms with E-state index in [2.05, 4.69) is 15.0 Å². The standard InChI is InChI=1S/C21H14Cl2F3N3O2S/c22-14-7-1-2-8-15(14)31-16-9-4-10-17-19(16)28-20(29-32(17)30)27-11-12-5-3-6-13(18(12)23)21(24,25)26/h1-10H,11H2,(H2,27,28,29). The zero-order valence-corrected chi connectivity index (χ0v) is 18.4. The predicted octanol–water partition coefficient (Wildman–Crippen LogP) is 6.40. The van der Waals surface area contributed by atoms with Crippen molar-refractivity contribution in [3.05, 3.63) is 81.8 Å². The number of halogens is 5. The lowest BCUT2D eigenvalue weighted by molar-refractivity contribution is -0.137. The summed E-state index contributed by atoms with van der Waals surface area (Å²) < 4.78 is 60.5. The summed E-state index contributed by atoms with van der Waals surface area (Å²) in [4.78, 5) is 4.64. The fourth-order valence-electron chi connectivity index (χ4n) is 2.96. The number of nitrogens with one attached hydrogen (secondary N) is 2. The molecule has 0 aromatic heterocycles. The molecule has 3 aromatic carbocycles. The van der Waals surface area contributed by atoms with E-state index in [1.807, 2.05) is 0 Å². The van der Waals surface area contributed by atoms with Gasteiger partial charge in [-0.3, -0.25) is 4.72 Å². The number of ether oxygens (including phenoxy) is 1. The summed E-state index contributed by atoms with van der Waals surface area (Å²) in [5.41, 5.74) is -0.362. The van der Waals surface area contributed by atoms with E-state index in [1.165, 1.54) is 12.1 Å². The Morgan fingerprint density at radius 1 is 0.969 bits per heavy atom. The second-order valence-corrected chi connectivity index (χ2v) is 8.57. The largest absolute Gasteiger partial charge is 0.454 e. The first kappa shape index (κ1) is 22.4.